The van der Waals surface area contributed by atoms with Crippen LogP contribution in [0.1, 0.15) is 34.9 Å². The molecule has 1 unspecified atom stereocenters. The zero-order chi connectivity index (χ0) is 22.1. The number of aromatic amines is 1. The zero-order valence-electron chi connectivity index (χ0n) is 18.4. The number of aromatic nitrogens is 2. The summed E-state index contributed by atoms with van der Waals surface area (Å²) in [6.45, 7) is 3.92. The van der Waals surface area contributed by atoms with Crippen molar-refractivity contribution in [2.24, 2.45) is 5.73 Å². The van der Waals surface area contributed by atoms with Gasteiger partial charge in [-0.25, -0.2) is 17.1 Å². The number of hydrogen-bond donors (Lipinski definition) is 2. The van der Waals surface area contributed by atoms with Crippen molar-refractivity contribution in [3.8, 4) is 0 Å². The van der Waals surface area contributed by atoms with Crippen LogP contribution in [-0.4, -0.2) is 43.3 Å². The summed E-state index contributed by atoms with van der Waals surface area (Å²) < 4.78 is 41.1. The number of aryl methyl sites for hydroxylation is 2. The first-order valence-electron chi connectivity index (χ1n) is 9.68. The second-order valence-corrected chi connectivity index (χ2v) is 9.67. The fourth-order valence-corrected chi connectivity index (χ4v) is 4.59. The van der Waals surface area contributed by atoms with Crippen LogP contribution in [0.25, 0.3) is 11.0 Å². The van der Waals surface area contributed by atoms with E-state index in [4.69, 9.17) is 5.73 Å². The number of fused-ring (bicyclic) bond motifs is 1. The Morgan fingerprint density at radius 2 is 1.91 bits per heavy atom. The van der Waals surface area contributed by atoms with E-state index >= 15 is 0 Å². The number of sulfonamides is 1. The van der Waals surface area contributed by atoms with Crippen LogP contribution in [0.2, 0.25) is 0 Å². The second kappa shape index (κ2) is 11.2. The third-order valence-corrected chi connectivity index (χ3v) is 6.95. The number of pyridine rings is 1. The smallest absolute Gasteiger partial charge is 0.242 e. The molecule has 2 aromatic heterocycles. The van der Waals surface area contributed by atoms with E-state index in [0.29, 0.717) is 5.56 Å². The van der Waals surface area contributed by atoms with Crippen molar-refractivity contribution in [2.75, 3.05) is 20.6 Å². The maximum atomic E-state index is 14.6. The lowest BCUT2D eigenvalue weighted by Crippen LogP contribution is -2.22. The van der Waals surface area contributed by atoms with Gasteiger partial charge in [-0.15, -0.1) is 24.8 Å². The summed E-state index contributed by atoms with van der Waals surface area (Å²) in [5.74, 6) is -0.766. The number of nitrogens with zero attached hydrogens (tertiary/aromatic N) is 2. The highest BCUT2D eigenvalue weighted by atomic mass is 35.5. The maximum Gasteiger partial charge on any atom is 0.242 e. The highest BCUT2D eigenvalue weighted by molar-refractivity contribution is 7.89. The minimum atomic E-state index is -3.62. The first-order chi connectivity index (χ1) is 14.1. The Morgan fingerprint density at radius 1 is 1.22 bits per heavy atom. The molecule has 1 atom stereocenters. The molecule has 32 heavy (non-hydrogen) atoms. The lowest BCUT2D eigenvalue weighted by Gasteiger charge is -2.19. The lowest BCUT2D eigenvalue weighted by molar-refractivity contribution is 0.520. The maximum absolute atomic E-state index is 14.6. The molecule has 1 aromatic carbocycles. The van der Waals surface area contributed by atoms with E-state index in [1.807, 2.05) is 32.0 Å². The molecule has 0 spiro atoms. The average Bonchev–Trinajstić information content (AvgIpc) is 3.01. The summed E-state index contributed by atoms with van der Waals surface area (Å²) in [6, 6.07) is 10.5. The molecule has 0 saturated carbocycles. The monoisotopic (exact) mass is 502 g/mol. The molecule has 0 aliphatic heterocycles. The summed E-state index contributed by atoms with van der Waals surface area (Å²) in [6.07, 6.45) is 1.41. The van der Waals surface area contributed by atoms with Crippen LogP contribution in [0.15, 0.2) is 53.2 Å². The van der Waals surface area contributed by atoms with E-state index in [1.54, 1.807) is 18.2 Å². The highest BCUT2D eigenvalue weighted by Crippen LogP contribution is 2.38. The van der Waals surface area contributed by atoms with Crippen LogP contribution < -0.4 is 5.73 Å². The van der Waals surface area contributed by atoms with Gasteiger partial charge in [0.15, 0.2) is 0 Å². The molecule has 0 bridgehead atoms. The fourth-order valence-electron chi connectivity index (χ4n) is 3.63. The minimum absolute atomic E-state index is 0. The van der Waals surface area contributed by atoms with Crippen LogP contribution in [-0.2, 0) is 10.0 Å². The number of hydrogen-bond acceptors (Lipinski definition) is 4. The molecule has 3 N–H and O–H groups in total. The molecule has 0 amide bonds. The minimum Gasteiger partial charge on any atom is -0.357 e. The van der Waals surface area contributed by atoms with Crippen LogP contribution in [0.5, 0.6) is 0 Å². The second-order valence-electron chi connectivity index (χ2n) is 7.52. The number of nitrogens with one attached hydrogen (secondary N) is 1. The number of rotatable bonds is 7. The van der Waals surface area contributed by atoms with Crippen molar-refractivity contribution < 1.29 is 12.8 Å². The molecule has 2 heterocycles. The third-order valence-electron chi connectivity index (χ3n) is 5.14. The van der Waals surface area contributed by atoms with Crippen LogP contribution in [0.4, 0.5) is 4.39 Å². The zero-order valence-corrected chi connectivity index (χ0v) is 20.9. The van der Waals surface area contributed by atoms with Gasteiger partial charge in [0.05, 0.1) is 21.8 Å². The molecule has 3 rings (SSSR count). The largest absolute Gasteiger partial charge is 0.357 e. The van der Waals surface area contributed by atoms with Gasteiger partial charge in [0.25, 0.3) is 0 Å². The predicted octanol–water partition coefficient (Wildman–Crippen LogP) is 4.61. The van der Waals surface area contributed by atoms with Gasteiger partial charge in [-0.1, -0.05) is 12.1 Å². The molecular formula is C22H29Cl2FN4O2S. The Labute approximate surface area is 201 Å². The quantitative estimate of drug-likeness (QED) is 0.493. The van der Waals surface area contributed by atoms with Crippen molar-refractivity contribution in [3.05, 3.63) is 70.8 Å². The fraction of sp³-hybridized carbons (Fsp3) is 0.318. The van der Waals surface area contributed by atoms with E-state index in [9.17, 15) is 12.8 Å². The Hall–Kier alpha value is -1.97. The van der Waals surface area contributed by atoms with Gasteiger partial charge in [0, 0.05) is 49.9 Å². The van der Waals surface area contributed by atoms with Gasteiger partial charge >= 0.3 is 0 Å². The molecule has 3 aromatic rings. The molecule has 6 nitrogen and oxygen atoms in total. The van der Waals surface area contributed by atoms with Gasteiger partial charge in [-0.3, -0.25) is 4.98 Å². The van der Waals surface area contributed by atoms with E-state index in [1.165, 1.54) is 20.2 Å². The normalized spacial score (nSPS) is 13.0. The van der Waals surface area contributed by atoms with Gasteiger partial charge in [-0.2, -0.15) is 0 Å². The molecule has 0 radical (unpaired) electrons. The Morgan fingerprint density at radius 3 is 2.53 bits per heavy atom. The average molecular weight is 503 g/mol. The molecule has 176 valence electrons. The van der Waals surface area contributed by atoms with Gasteiger partial charge < -0.3 is 10.7 Å². The molecule has 0 fully saturated rings. The van der Waals surface area contributed by atoms with Crippen LogP contribution in [0, 0.1) is 13.8 Å². The Kier molecular flexibility index (Phi) is 9.86. The molecule has 0 aliphatic rings. The predicted molar refractivity (Wildman–Crippen MR) is 132 cm³/mol. The van der Waals surface area contributed by atoms with Crippen molar-refractivity contribution in [1.82, 2.24) is 14.3 Å². The van der Waals surface area contributed by atoms with Crippen LogP contribution in [0.3, 0.4) is 0 Å². The van der Waals surface area contributed by atoms with Crippen LogP contribution >= 0.6 is 24.8 Å². The number of allylic oxidation sites excluding steroid dienone is 1. The number of halogens is 3. The SMILES string of the molecule is Cc1ccc2[nH]c(C)c(C(C/C(F)=C/CN)c3cccc(S(=O)(=O)N(C)C)c3)c2n1.Cl.Cl. The molecule has 0 aliphatic carbocycles. The van der Waals surface area contributed by atoms with Gasteiger partial charge in [-0.05, 0) is 49.8 Å². The van der Waals surface area contributed by atoms with Crippen molar-refractivity contribution >= 4 is 45.9 Å². The topological polar surface area (TPSA) is 92.1 Å². The summed E-state index contributed by atoms with van der Waals surface area (Å²) in [5.41, 5.74) is 10.4. The number of nitrogens with two attached hydrogens (primary N) is 1. The van der Waals surface area contributed by atoms with Gasteiger partial charge in [0.2, 0.25) is 10.0 Å². The first-order valence-corrected chi connectivity index (χ1v) is 11.1. The van der Waals surface area contributed by atoms with Crippen molar-refractivity contribution in [2.45, 2.75) is 31.1 Å². The first kappa shape index (κ1) is 28.1. The third kappa shape index (κ3) is 5.68. The Bertz CT molecular complexity index is 1210. The van der Waals surface area contributed by atoms with E-state index in [2.05, 4.69) is 9.97 Å². The van der Waals surface area contributed by atoms with E-state index in [0.717, 1.165) is 32.3 Å². The summed E-state index contributed by atoms with van der Waals surface area (Å²) >= 11 is 0. The van der Waals surface area contributed by atoms with E-state index < -0.39 is 15.9 Å². The molecular weight excluding hydrogens is 474 g/mol. The summed E-state index contributed by atoms with van der Waals surface area (Å²) in [5, 5.41) is 0. The summed E-state index contributed by atoms with van der Waals surface area (Å²) in [7, 11) is -0.647. The molecule has 0 saturated heterocycles. The van der Waals surface area contributed by atoms with E-state index in [-0.39, 0.29) is 48.5 Å². The number of benzene rings is 1. The van der Waals surface area contributed by atoms with Crippen molar-refractivity contribution in [3.63, 3.8) is 0 Å². The standard InChI is InChI=1S/C22H27FN4O2S.2ClH/c1-14-8-9-20-22(25-14)21(15(2)26-20)19(13-17(23)10-11-24)16-6-5-7-18(12-16)30(28,29)27(3)4;;/h5-10,12,19,26H,11,13,24H2,1-4H3;2*1H/b17-10-;;. The summed E-state index contributed by atoms with van der Waals surface area (Å²) in [4.78, 5) is 8.15. The Balaban J connectivity index is 0.00000256. The molecule has 10 heteroatoms. The van der Waals surface area contributed by atoms with Gasteiger partial charge in [0.1, 0.15) is 0 Å². The number of H-pyrrole nitrogens is 1. The highest BCUT2D eigenvalue weighted by Gasteiger charge is 2.25. The van der Waals surface area contributed by atoms with Crippen molar-refractivity contribution in [1.29, 1.82) is 0 Å². The lowest BCUT2D eigenvalue weighted by atomic mass is 9.87.